The number of anilines is 1. The minimum atomic E-state index is -0.824. The number of hydrogen-bond donors (Lipinski definition) is 1. The third kappa shape index (κ3) is 5.02. The van der Waals surface area contributed by atoms with E-state index in [0.29, 0.717) is 5.69 Å². The number of benzene rings is 2. The minimum absolute atomic E-state index is 0.133. The molecule has 1 fully saturated rings. The lowest BCUT2D eigenvalue weighted by Gasteiger charge is -2.33. The molecule has 1 aliphatic rings. The van der Waals surface area contributed by atoms with E-state index in [9.17, 15) is 9.59 Å². The molecule has 4 rings (SSSR count). The Labute approximate surface area is 188 Å². The van der Waals surface area contributed by atoms with Crippen molar-refractivity contribution in [1.82, 2.24) is 15.3 Å². The van der Waals surface area contributed by atoms with Gasteiger partial charge in [0.15, 0.2) is 0 Å². The van der Waals surface area contributed by atoms with Gasteiger partial charge in [-0.15, -0.1) is 0 Å². The van der Waals surface area contributed by atoms with E-state index in [1.165, 1.54) is 29.9 Å². The van der Waals surface area contributed by atoms with Gasteiger partial charge < -0.3 is 5.32 Å². The van der Waals surface area contributed by atoms with Gasteiger partial charge in [-0.25, -0.2) is 4.98 Å². The van der Waals surface area contributed by atoms with Crippen LogP contribution in [0.2, 0.25) is 0 Å². The van der Waals surface area contributed by atoms with Crippen molar-refractivity contribution < 1.29 is 9.59 Å². The first-order valence-corrected chi connectivity index (χ1v) is 11.1. The van der Waals surface area contributed by atoms with E-state index in [-0.39, 0.29) is 23.6 Å². The maximum Gasteiger partial charge on any atom is 0.279 e. The Hall–Kier alpha value is -3.54. The summed E-state index contributed by atoms with van der Waals surface area (Å²) in [4.78, 5) is 37.2. The van der Waals surface area contributed by atoms with E-state index >= 15 is 0 Å². The fraction of sp³-hybridized carbons (Fsp3) is 0.308. The van der Waals surface area contributed by atoms with Crippen molar-refractivity contribution in [3.8, 4) is 0 Å². The van der Waals surface area contributed by atoms with Crippen LogP contribution in [0.3, 0.4) is 0 Å². The monoisotopic (exact) mass is 428 g/mol. The van der Waals surface area contributed by atoms with Gasteiger partial charge in [-0.3, -0.25) is 19.5 Å². The summed E-state index contributed by atoms with van der Waals surface area (Å²) in [5.74, 6) is -0.546. The zero-order chi connectivity index (χ0) is 22.3. The number of nitrogens with zero attached hydrogens (tertiary/aromatic N) is 3. The van der Waals surface area contributed by atoms with Crippen molar-refractivity contribution in [2.75, 3.05) is 4.90 Å². The summed E-state index contributed by atoms with van der Waals surface area (Å²) in [6.45, 7) is 1.99. The Morgan fingerprint density at radius 1 is 0.969 bits per heavy atom. The fourth-order valence-corrected chi connectivity index (χ4v) is 4.20. The van der Waals surface area contributed by atoms with Crippen LogP contribution in [0.1, 0.15) is 59.8 Å². The molecule has 1 heterocycles. The molecule has 2 aromatic carbocycles. The van der Waals surface area contributed by atoms with Gasteiger partial charge in [-0.05, 0) is 37.5 Å². The molecule has 0 radical (unpaired) electrons. The van der Waals surface area contributed by atoms with Crippen molar-refractivity contribution in [2.24, 2.45) is 0 Å². The van der Waals surface area contributed by atoms with Crippen molar-refractivity contribution in [2.45, 2.75) is 51.1 Å². The Kier molecular flexibility index (Phi) is 6.90. The van der Waals surface area contributed by atoms with Crippen LogP contribution in [0.15, 0.2) is 73.2 Å². The summed E-state index contributed by atoms with van der Waals surface area (Å²) in [7, 11) is 0. The van der Waals surface area contributed by atoms with E-state index in [1.807, 2.05) is 61.5 Å². The van der Waals surface area contributed by atoms with Crippen LogP contribution in [-0.4, -0.2) is 27.8 Å². The van der Waals surface area contributed by atoms with E-state index < -0.39 is 6.04 Å². The van der Waals surface area contributed by atoms with Gasteiger partial charge in [0.1, 0.15) is 11.7 Å². The van der Waals surface area contributed by atoms with Crippen LogP contribution in [0.4, 0.5) is 5.69 Å². The summed E-state index contributed by atoms with van der Waals surface area (Å²) in [6.07, 6.45) is 9.81. The summed E-state index contributed by atoms with van der Waals surface area (Å²) in [5.41, 5.74) is 2.65. The van der Waals surface area contributed by atoms with Crippen molar-refractivity contribution in [3.05, 3.63) is 90.0 Å². The molecule has 164 valence electrons. The molecule has 1 atom stereocenters. The SMILES string of the molecule is Cc1ccc(N(C(=O)c2cnccn2)C(C(=O)NC2CCCCC2)c2ccccc2)cc1. The maximum absolute atomic E-state index is 13.7. The summed E-state index contributed by atoms with van der Waals surface area (Å²) >= 11 is 0. The van der Waals surface area contributed by atoms with Crippen LogP contribution in [-0.2, 0) is 4.79 Å². The van der Waals surface area contributed by atoms with Crippen LogP contribution in [0.5, 0.6) is 0 Å². The molecule has 1 aromatic heterocycles. The van der Waals surface area contributed by atoms with E-state index in [2.05, 4.69) is 15.3 Å². The van der Waals surface area contributed by atoms with Crippen LogP contribution >= 0.6 is 0 Å². The van der Waals surface area contributed by atoms with Gasteiger partial charge in [-0.1, -0.05) is 67.3 Å². The van der Waals surface area contributed by atoms with Crippen molar-refractivity contribution in [1.29, 1.82) is 0 Å². The zero-order valence-corrected chi connectivity index (χ0v) is 18.3. The molecule has 3 aromatic rings. The van der Waals surface area contributed by atoms with Gasteiger partial charge in [0.2, 0.25) is 5.91 Å². The third-order valence-electron chi connectivity index (χ3n) is 5.89. The molecule has 1 saturated carbocycles. The minimum Gasteiger partial charge on any atom is -0.351 e. The van der Waals surface area contributed by atoms with E-state index in [1.54, 1.807) is 0 Å². The first-order chi connectivity index (χ1) is 15.6. The molecule has 6 nitrogen and oxygen atoms in total. The largest absolute Gasteiger partial charge is 0.351 e. The second-order valence-corrected chi connectivity index (χ2v) is 8.26. The average molecular weight is 429 g/mol. The Bertz CT molecular complexity index is 1030. The van der Waals surface area contributed by atoms with E-state index in [4.69, 9.17) is 0 Å². The normalized spacial score (nSPS) is 15.0. The number of hydrogen-bond acceptors (Lipinski definition) is 4. The molecular formula is C26H28N4O2. The standard InChI is InChI=1S/C26H28N4O2/c1-19-12-14-22(15-13-19)30(26(32)23-18-27-16-17-28-23)24(20-8-4-2-5-9-20)25(31)29-21-10-6-3-7-11-21/h2,4-5,8-9,12-18,21,24H,3,6-7,10-11H2,1H3,(H,29,31). The number of rotatable bonds is 6. The molecule has 0 saturated heterocycles. The number of aromatic nitrogens is 2. The number of amides is 2. The lowest BCUT2D eigenvalue weighted by Crippen LogP contribution is -2.47. The molecule has 2 amide bonds. The van der Waals surface area contributed by atoms with Gasteiger partial charge in [0, 0.05) is 24.1 Å². The van der Waals surface area contributed by atoms with Crippen LogP contribution < -0.4 is 10.2 Å². The summed E-state index contributed by atoms with van der Waals surface area (Å²) in [5, 5.41) is 3.22. The fourth-order valence-electron chi connectivity index (χ4n) is 4.20. The van der Waals surface area contributed by atoms with Crippen LogP contribution in [0.25, 0.3) is 0 Å². The summed E-state index contributed by atoms with van der Waals surface area (Å²) < 4.78 is 0. The number of nitrogens with one attached hydrogen (secondary N) is 1. The number of carbonyl (C=O) groups excluding carboxylic acids is 2. The van der Waals surface area contributed by atoms with Gasteiger partial charge in [0.25, 0.3) is 5.91 Å². The van der Waals surface area contributed by atoms with Crippen molar-refractivity contribution >= 4 is 17.5 Å². The number of aryl methyl sites for hydroxylation is 1. The lowest BCUT2D eigenvalue weighted by molar-refractivity contribution is -0.123. The smallest absolute Gasteiger partial charge is 0.279 e. The lowest BCUT2D eigenvalue weighted by atomic mass is 9.94. The number of carbonyl (C=O) groups is 2. The first kappa shape index (κ1) is 21.7. The second kappa shape index (κ2) is 10.2. The third-order valence-corrected chi connectivity index (χ3v) is 5.89. The topological polar surface area (TPSA) is 75.2 Å². The van der Waals surface area contributed by atoms with Crippen molar-refractivity contribution in [3.63, 3.8) is 0 Å². The molecular weight excluding hydrogens is 400 g/mol. The maximum atomic E-state index is 13.7. The average Bonchev–Trinajstić information content (AvgIpc) is 2.84. The first-order valence-electron chi connectivity index (χ1n) is 11.1. The van der Waals surface area contributed by atoms with Crippen LogP contribution in [0, 0.1) is 6.92 Å². The highest BCUT2D eigenvalue weighted by atomic mass is 16.2. The summed E-state index contributed by atoms with van der Waals surface area (Å²) in [6, 6.07) is 16.4. The predicted octanol–water partition coefficient (Wildman–Crippen LogP) is 4.62. The molecule has 32 heavy (non-hydrogen) atoms. The predicted molar refractivity (Wildman–Crippen MR) is 124 cm³/mol. The Morgan fingerprint density at radius 3 is 2.34 bits per heavy atom. The molecule has 6 heteroatoms. The molecule has 1 N–H and O–H groups in total. The highest BCUT2D eigenvalue weighted by molar-refractivity contribution is 6.09. The Balaban J connectivity index is 1.77. The molecule has 1 unspecified atom stereocenters. The molecule has 0 bridgehead atoms. The Morgan fingerprint density at radius 2 is 1.69 bits per heavy atom. The molecule has 0 aliphatic heterocycles. The highest BCUT2D eigenvalue weighted by Gasteiger charge is 2.35. The van der Waals surface area contributed by atoms with Gasteiger partial charge >= 0.3 is 0 Å². The van der Waals surface area contributed by atoms with E-state index in [0.717, 1.165) is 36.8 Å². The molecule has 0 spiro atoms. The highest BCUT2D eigenvalue weighted by Crippen LogP contribution is 2.30. The second-order valence-electron chi connectivity index (χ2n) is 8.26. The molecule has 1 aliphatic carbocycles. The zero-order valence-electron chi connectivity index (χ0n) is 18.3. The quantitative estimate of drug-likeness (QED) is 0.622. The van der Waals surface area contributed by atoms with Gasteiger partial charge in [-0.2, -0.15) is 0 Å². The van der Waals surface area contributed by atoms with Gasteiger partial charge in [0.05, 0.1) is 6.20 Å².